The van der Waals surface area contributed by atoms with Crippen LogP contribution in [0.5, 0.6) is 5.75 Å². The van der Waals surface area contributed by atoms with Gasteiger partial charge in [-0.2, -0.15) is 0 Å². The molecular weight excluding hydrogens is 164 g/mol. The number of phenols is 1. The summed E-state index contributed by atoms with van der Waals surface area (Å²) in [6, 6.07) is 7.52. The van der Waals surface area contributed by atoms with Crippen molar-refractivity contribution < 1.29 is 5.11 Å². The number of phenolic OH excluding ortho intramolecular Hbond substituents is 1. The molecule has 1 atom stereocenters. The van der Waals surface area contributed by atoms with Crippen LogP contribution in [0.15, 0.2) is 36.5 Å². The van der Waals surface area contributed by atoms with Gasteiger partial charge in [0.05, 0.1) is 6.04 Å². The summed E-state index contributed by atoms with van der Waals surface area (Å²) in [5.41, 5.74) is 4.24. The summed E-state index contributed by atoms with van der Waals surface area (Å²) < 4.78 is 0. The number of benzene rings is 1. The van der Waals surface area contributed by atoms with Crippen molar-refractivity contribution in [3.63, 3.8) is 0 Å². The van der Waals surface area contributed by atoms with E-state index < -0.39 is 0 Å². The molecule has 1 aliphatic rings. The van der Waals surface area contributed by atoms with E-state index in [1.54, 1.807) is 12.1 Å². The molecule has 68 valence electrons. The second-order valence-corrected chi connectivity index (χ2v) is 3.14. The van der Waals surface area contributed by atoms with Crippen molar-refractivity contribution in [3.8, 4) is 5.75 Å². The van der Waals surface area contributed by atoms with Gasteiger partial charge in [0.1, 0.15) is 5.75 Å². The summed E-state index contributed by atoms with van der Waals surface area (Å²) in [5.74, 6) is 0.307. The zero-order valence-electron chi connectivity index (χ0n) is 7.44. The fourth-order valence-corrected chi connectivity index (χ4v) is 1.47. The molecule has 0 spiro atoms. The first kappa shape index (κ1) is 8.13. The lowest BCUT2D eigenvalue weighted by atomic mass is 10.1. The average Bonchev–Trinajstić information content (AvgIpc) is 2.53. The molecule has 0 fully saturated rings. The molecule has 3 nitrogen and oxygen atoms in total. The maximum Gasteiger partial charge on any atom is 0.115 e. The maximum absolute atomic E-state index is 9.12. The molecular formula is C10H12N2O. The molecule has 0 bridgehead atoms. The molecule has 0 saturated heterocycles. The van der Waals surface area contributed by atoms with Crippen LogP contribution in [-0.4, -0.2) is 17.2 Å². The predicted octanol–water partition coefficient (Wildman–Crippen LogP) is 1.40. The number of hydrazine groups is 1. The monoisotopic (exact) mass is 176 g/mol. The van der Waals surface area contributed by atoms with Crippen molar-refractivity contribution in [1.29, 1.82) is 0 Å². The second-order valence-electron chi connectivity index (χ2n) is 3.14. The van der Waals surface area contributed by atoms with Gasteiger partial charge >= 0.3 is 0 Å². The van der Waals surface area contributed by atoms with Gasteiger partial charge in [0.15, 0.2) is 0 Å². The van der Waals surface area contributed by atoms with Gasteiger partial charge in [-0.15, -0.1) is 0 Å². The topological polar surface area (TPSA) is 35.5 Å². The number of nitrogens with zero attached hydrogens (tertiary/aromatic N) is 1. The highest BCUT2D eigenvalue weighted by Crippen LogP contribution is 2.23. The summed E-state index contributed by atoms with van der Waals surface area (Å²) in [6.07, 6.45) is 3.99. The summed E-state index contributed by atoms with van der Waals surface area (Å²) >= 11 is 0. The number of hydrogen-bond acceptors (Lipinski definition) is 3. The SMILES string of the molecule is CN1NC=CC1c1ccc(O)cc1. The van der Waals surface area contributed by atoms with Gasteiger partial charge < -0.3 is 10.5 Å². The Morgan fingerprint density at radius 2 is 2.00 bits per heavy atom. The number of hydrogen-bond donors (Lipinski definition) is 2. The summed E-state index contributed by atoms with van der Waals surface area (Å²) in [5, 5.41) is 11.1. The lowest BCUT2D eigenvalue weighted by Crippen LogP contribution is -2.27. The molecule has 1 unspecified atom stereocenters. The van der Waals surface area contributed by atoms with E-state index in [2.05, 4.69) is 11.5 Å². The van der Waals surface area contributed by atoms with Crippen molar-refractivity contribution in [2.75, 3.05) is 7.05 Å². The Kier molecular flexibility index (Phi) is 1.94. The van der Waals surface area contributed by atoms with Crippen molar-refractivity contribution in [2.24, 2.45) is 0 Å². The molecule has 0 aromatic heterocycles. The lowest BCUT2D eigenvalue weighted by molar-refractivity contribution is 0.256. The molecule has 0 aliphatic carbocycles. The first-order valence-corrected chi connectivity index (χ1v) is 4.22. The minimum atomic E-state index is 0.264. The van der Waals surface area contributed by atoms with Gasteiger partial charge in [-0.25, -0.2) is 5.01 Å². The van der Waals surface area contributed by atoms with Gasteiger partial charge in [0, 0.05) is 13.2 Å². The van der Waals surface area contributed by atoms with Crippen LogP contribution in [0.2, 0.25) is 0 Å². The highest BCUT2D eigenvalue weighted by molar-refractivity contribution is 5.30. The van der Waals surface area contributed by atoms with Crippen LogP contribution >= 0.6 is 0 Å². The minimum Gasteiger partial charge on any atom is -0.508 e. The van der Waals surface area contributed by atoms with Gasteiger partial charge in [0.2, 0.25) is 0 Å². The van der Waals surface area contributed by atoms with Crippen molar-refractivity contribution in [2.45, 2.75) is 6.04 Å². The third kappa shape index (κ3) is 1.51. The molecule has 2 rings (SSSR count). The molecule has 0 amide bonds. The van der Waals surface area contributed by atoms with Crippen LogP contribution in [0.3, 0.4) is 0 Å². The van der Waals surface area contributed by atoms with Crippen LogP contribution in [0.25, 0.3) is 0 Å². The molecule has 2 N–H and O–H groups in total. The molecule has 0 radical (unpaired) electrons. The van der Waals surface area contributed by atoms with E-state index in [-0.39, 0.29) is 6.04 Å². The van der Waals surface area contributed by atoms with E-state index >= 15 is 0 Å². The smallest absolute Gasteiger partial charge is 0.115 e. The van der Waals surface area contributed by atoms with E-state index in [1.165, 1.54) is 5.56 Å². The zero-order chi connectivity index (χ0) is 9.26. The van der Waals surface area contributed by atoms with Crippen LogP contribution in [-0.2, 0) is 0 Å². The van der Waals surface area contributed by atoms with Crippen molar-refractivity contribution >= 4 is 0 Å². The predicted molar refractivity (Wildman–Crippen MR) is 50.9 cm³/mol. The zero-order valence-corrected chi connectivity index (χ0v) is 7.44. The van der Waals surface area contributed by atoms with Crippen LogP contribution in [0.4, 0.5) is 0 Å². The fraction of sp³-hybridized carbons (Fsp3) is 0.200. The highest BCUT2D eigenvalue weighted by Gasteiger charge is 2.16. The molecule has 1 aromatic rings. The molecule has 1 aromatic carbocycles. The number of likely N-dealkylation sites (N-methyl/N-ethyl adjacent to an activating group) is 1. The molecule has 13 heavy (non-hydrogen) atoms. The molecule has 0 saturated carbocycles. The van der Waals surface area contributed by atoms with Gasteiger partial charge in [0.25, 0.3) is 0 Å². The van der Waals surface area contributed by atoms with Gasteiger partial charge in [-0.1, -0.05) is 12.1 Å². The van der Waals surface area contributed by atoms with E-state index in [1.807, 2.05) is 30.4 Å². The van der Waals surface area contributed by atoms with Gasteiger partial charge in [-0.3, -0.25) is 0 Å². The number of rotatable bonds is 1. The molecule has 3 heteroatoms. The standard InChI is InChI=1S/C10H12N2O/c1-12-10(6-7-11-12)8-2-4-9(13)5-3-8/h2-7,10-11,13H,1H3. The Hall–Kier alpha value is -1.48. The molecule has 1 heterocycles. The third-order valence-electron chi connectivity index (χ3n) is 2.21. The fourth-order valence-electron chi connectivity index (χ4n) is 1.47. The van der Waals surface area contributed by atoms with E-state index in [0.717, 1.165) is 0 Å². The Balaban J connectivity index is 2.25. The Labute approximate surface area is 77.3 Å². The summed E-state index contributed by atoms with van der Waals surface area (Å²) in [4.78, 5) is 0. The van der Waals surface area contributed by atoms with E-state index in [9.17, 15) is 0 Å². The highest BCUT2D eigenvalue weighted by atomic mass is 16.3. The second kappa shape index (κ2) is 3.11. The Morgan fingerprint density at radius 1 is 1.31 bits per heavy atom. The first-order chi connectivity index (χ1) is 6.27. The van der Waals surface area contributed by atoms with Crippen LogP contribution in [0.1, 0.15) is 11.6 Å². The van der Waals surface area contributed by atoms with Gasteiger partial charge in [-0.05, 0) is 23.8 Å². The summed E-state index contributed by atoms with van der Waals surface area (Å²) in [6.45, 7) is 0. The Morgan fingerprint density at radius 3 is 2.54 bits per heavy atom. The quantitative estimate of drug-likeness (QED) is 0.679. The van der Waals surface area contributed by atoms with Crippen LogP contribution < -0.4 is 5.43 Å². The van der Waals surface area contributed by atoms with E-state index in [4.69, 9.17) is 5.11 Å². The lowest BCUT2D eigenvalue weighted by Gasteiger charge is -2.19. The Bertz CT molecular complexity index is 318. The maximum atomic E-state index is 9.12. The van der Waals surface area contributed by atoms with Crippen LogP contribution in [0, 0.1) is 0 Å². The van der Waals surface area contributed by atoms with E-state index in [0.29, 0.717) is 5.75 Å². The van der Waals surface area contributed by atoms with Crippen molar-refractivity contribution in [1.82, 2.24) is 10.4 Å². The first-order valence-electron chi connectivity index (χ1n) is 4.22. The third-order valence-corrected chi connectivity index (χ3v) is 2.21. The molecule has 1 aliphatic heterocycles. The van der Waals surface area contributed by atoms with Crippen molar-refractivity contribution in [3.05, 3.63) is 42.1 Å². The normalized spacial score (nSPS) is 21.8. The average molecular weight is 176 g/mol. The largest absolute Gasteiger partial charge is 0.508 e. The summed E-state index contributed by atoms with van der Waals surface area (Å²) in [7, 11) is 1.98. The minimum absolute atomic E-state index is 0.264. The number of aromatic hydroxyl groups is 1. The number of nitrogens with one attached hydrogen (secondary N) is 1.